The molecule has 100 valence electrons. The van der Waals surface area contributed by atoms with Gasteiger partial charge in [0.2, 0.25) is 0 Å². The van der Waals surface area contributed by atoms with E-state index in [0.29, 0.717) is 0 Å². The molecular weight excluding hydrogens is 226 g/mol. The monoisotopic (exact) mass is 249 g/mol. The topological polar surface area (TPSA) is 38.3 Å². The third-order valence-electron chi connectivity index (χ3n) is 3.11. The van der Waals surface area contributed by atoms with E-state index in [9.17, 15) is 4.79 Å². The van der Waals surface area contributed by atoms with Crippen LogP contribution in [0, 0.1) is 5.92 Å². The number of benzene rings is 1. The fourth-order valence-electron chi connectivity index (χ4n) is 2.01. The van der Waals surface area contributed by atoms with E-state index in [4.69, 9.17) is 4.74 Å². The van der Waals surface area contributed by atoms with Gasteiger partial charge in [-0.3, -0.25) is 10.1 Å². The van der Waals surface area contributed by atoms with Crippen molar-refractivity contribution in [3.05, 3.63) is 35.9 Å². The summed E-state index contributed by atoms with van der Waals surface area (Å²) in [4.78, 5) is 11.8. The van der Waals surface area contributed by atoms with E-state index in [1.807, 2.05) is 32.0 Å². The molecular formula is C15H23NO2. The van der Waals surface area contributed by atoms with Crippen LogP contribution in [0.2, 0.25) is 0 Å². The Morgan fingerprint density at radius 2 is 1.89 bits per heavy atom. The molecule has 0 aliphatic heterocycles. The minimum atomic E-state index is -0.264. The number of rotatable bonds is 6. The molecule has 1 aromatic rings. The zero-order chi connectivity index (χ0) is 13.5. The summed E-state index contributed by atoms with van der Waals surface area (Å²) in [6.45, 7) is 6.15. The molecule has 0 saturated heterocycles. The van der Waals surface area contributed by atoms with Crippen molar-refractivity contribution in [1.29, 1.82) is 0 Å². The van der Waals surface area contributed by atoms with Crippen LogP contribution in [0.4, 0.5) is 0 Å². The van der Waals surface area contributed by atoms with Crippen LogP contribution in [0.3, 0.4) is 0 Å². The maximum absolute atomic E-state index is 11.8. The van der Waals surface area contributed by atoms with Gasteiger partial charge in [0.05, 0.1) is 7.11 Å². The van der Waals surface area contributed by atoms with Crippen molar-refractivity contribution in [2.45, 2.75) is 39.3 Å². The first-order valence-corrected chi connectivity index (χ1v) is 6.49. The third kappa shape index (κ3) is 3.84. The van der Waals surface area contributed by atoms with E-state index >= 15 is 0 Å². The van der Waals surface area contributed by atoms with E-state index in [1.165, 1.54) is 12.7 Å². The summed E-state index contributed by atoms with van der Waals surface area (Å²) >= 11 is 0. The van der Waals surface area contributed by atoms with Crippen molar-refractivity contribution >= 4 is 5.97 Å². The van der Waals surface area contributed by atoms with Gasteiger partial charge in [-0.1, -0.05) is 51.1 Å². The number of ether oxygens (including phenoxy) is 1. The molecule has 0 aliphatic rings. The van der Waals surface area contributed by atoms with Crippen molar-refractivity contribution in [1.82, 2.24) is 5.32 Å². The van der Waals surface area contributed by atoms with Crippen molar-refractivity contribution in [2.24, 2.45) is 5.92 Å². The van der Waals surface area contributed by atoms with Crippen LogP contribution < -0.4 is 5.32 Å². The van der Waals surface area contributed by atoms with Gasteiger partial charge in [-0.2, -0.15) is 0 Å². The van der Waals surface area contributed by atoms with Crippen LogP contribution in [0.25, 0.3) is 0 Å². The second-order valence-electron chi connectivity index (χ2n) is 4.78. The molecule has 0 spiro atoms. The highest BCUT2D eigenvalue weighted by Crippen LogP contribution is 2.18. The highest BCUT2D eigenvalue weighted by atomic mass is 16.5. The summed E-state index contributed by atoms with van der Waals surface area (Å²) in [6, 6.07) is 10.1. The first kappa shape index (κ1) is 14.7. The molecule has 0 bridgehead atoms. The molecule has 2 unspecified atom stereocenters. The molecule has 18 heavy (non-hydrogen) atoms. The van der Waals surface area contributed by atoms with Gasteiger partial charge < -0.3 is 4.74 Å². The van der Waals surface area contributed by atoms with Gasteiger partial charge in [0.1, 0.15) is 6.04 Å². The van der Waals surface area contributed by atoms with Crippen LogP contribution in [0.5, 0.6) is 0 Å². The predicted molar refractivity (Wildman–Crippen MR) is 73.3 cm³/mol. The number of esters is 1. The lowest BCUT2D eigenvalue weighted by Gasteiger charge is -2.26. The normalized spacial score (nSPS) is 14.3. The Bertz CT molecular complexity index is 362. The molecule has 1 N–H and O–H groups in total. The number of hydrogen-bond acceptors (Lipinski definition) is 3. The van der Waals surface area contributed by atoms with Gasteiger partial charge >= 0.3 is 5.97 Å². The van der Waals surface area contributed by atoms with Crippen LogP contribution in [0.1, 0.15) is 38.8 Å². The summed E-state index contributed by atoms with van der Waals surface area (Å²) in [5.41, 5.74) is 1.20. The van der Waals surface area contributed by atoms with Gasteiger partial charge in [0.15, 0.2) is 0 Å². The van der Waals surface area contributed by atoms with Gasteiger partial charge in [0, 0.05) is 6.04 Å². The minimum Gasteiger partial charge on any atom is -0.468 e. The molecule has 0 fully saturated rings. The maximum Gasteiger partial charge on any atom is 0.323 e. The molecule has 3 heteroatoms. The molecule has 0 heterocycles. The lowest BCUT2D eigenvalue weighted by Crippen LogP contribution is -2.43. The summed E-state index contributed by atoms with van der Waals surface area (Å²) < 4.78 is 4.85. The lowest BCUT2D eigenvalue weighted by atomic mass is 9.99. The van der Waals surface area contributed by atoms with E-state index in [2.05, 4.69) is 24.4 Å². The van der Waals surface area contributed by atoms with Crippen molar-refractivity contribution in [3.8, 4) is 0 Å². The molecule has 0 aliphatic carbocycles. The maximum atomic E-state index is 11.8. The lowest BCUT2D eigenvalue weighted by molar-refractivity contribution is -0.144. The molecule has 1 rings (SSSR count). The van der Waals surface area contributed by atoms with Gasteiger partial charge in [-0.15, -0.1) is 0 Å². The highest BCUT2D eigenvalue weighted by Gasteiger charge is 2.25. The second kappa shape index (κ2) is 7.17. The van der Waals surface area contributed by atoms with Crippen molar-refractivity contribution < 1.29 is 9.53 Å². The fourth-order valence-corrected chi connectivity index (χ4v) is 2.01. The first-order chi connectivity index (χ1) is 8.60. The average Bonchev–Trinajstić information content (AvgIpc) is 2.39. The van der Waals surface area contributed by atoms with Crippen molar-refractivity contribution in [2.75, 3.05) is 7.11 Å². The quantitative estimate of drug-likeness (QED) is 0.788. The number of carbonyl (C=O) groups is 1. The van der Waals surface area contributed by atoms with Gasteiger partial charge in [-0.25, -0.2) is 0 Å². The molecule has 2 atom stereocenters. The Kier molecular flexibility index (Phi) is 5.86. The Balaban J connectivity index is 2.81. The first-order valence-electron chi connectivity index (χ1n) is 6.49. The van der Waals surface area contributed by atoms with Crippen LogP contribution in [-0.4, -0.2) is 19.1 Å². The summed E-state index contributed by atoms with van der Waals surface area (Å²) in [7, 11) is 1.43. The van der Waals surface area contributed by atoms with Gasteiger partial charge in [-0.05, 0) is 17.9 Å². The fraction of sp³-hybridized carbons (Fsp3) is 0.533. The van der Waals surface area contributed by atoms with E-state index in [0.717, 1.165) is 6.42 Å². The second-order valence-corrected chi connectivity index (χ2v) is 4.78. The Morgan fingerprint density at radius 1 is 1.28 bits per heavy atom. The van der Waals surface area contributed by atoms with Crippen LogP contribution >= 0.6 is 0 Å². The molecule has 0 amide bonds. The zero-order valence-electron chi connectivity index (χ0n) is 11.6. The predicted octanol–water partition coefficient (Wildman–Crippen LogP) is 2.92. The number of methoxy groups -OCH3 is 1. The summed E-state index contributed by atoms with van der Waals surface area (Å²) in [6.07, 6.45) is 0.935. The number of carbonyl (C=O) groups excluding carboxylic acids is 1. The van der Waals surface area contributed by atoms with Crippen LogP contribution in [-0.2, 0) is 9.53 Å². The van der Waals surface area contributed by atoms with E-state index in [-0.39, 0.29) is 24.0 Å². The Morgan fingerprint density at radius 3 is 2.33 bits per heavy atom. The van der Waals surface area contributed by atoms with Crippen LogP contribution in [0.15, 0.2) is 30.3 Å². The average molecular weight is 249 g/mol. The molecule has 3 nitrogen and oxygen atoms in total. The smallest absolute Gasteiger partial charge is 0.323 e. The molecule has 0 radical (unpaired) electrons. The van der Waals surface area contributed by atoms with Crippen molar-refractivity contribution in [3.63, 3.8) is 0 Å². The SMILES string of the molecule is CCC(NC(C(=O)OC)C(C)C)c1ccccc1. The molecule has 0 aromatic heterocycles. The zero-order valence-corrected chi connectivity index (χ0v) is 11.6. The Hall–Kier alpha value is -1.35. The summed E-state index contributed by atoms with van der Waals surface area (Å²) in [5.74, 6) is 0.00888. The largest absolute Gasteiger partial charge is 0.468 e. The molecule has 0 saturated carbocycles. The standard InChI is InChI=1S/C15H23NO2/c1-5-13(12-9-7-6-8-10-12)16-14(11(2)3)15(17)18-4/h6-11,13-14,16H,5H2,1-4H3. The number of hydrogen-bond donors (Lipinski definition) is 1. The summed E-state index contributed by atoms with van der Waals surface area (Å²) in [5, 5.41) is 3.40. The van der Waals surface area contributed by atoms with E-state index < -0.39 is 0 Å². The minimum absolute atomic E-state index is 0.178. The third-order valence-corrected chi connectivity index (χ3v) is 3.11. The highest BCUT2D eigenvalue weighted by molar-refractivity contribution is 5.76. The molecule has 1 aromatic carbocycles. The number of nitrogens with one attached hydrogen (secondary N) is 1. The Labute approximate surface area is 110 Å². The van der Waals surface area contributed by atoms with E-state index in [1.54, 1.807) is 0 Å². The van der Waals surface area contributed by atoms with Gasteiger partial charge in [0.25, 0.3) is 0 Å².